The van der Waals surface area contributed by atoms with E-state index in [0.717, 1.165) is 0 Å². The van der Waals surface area contributed by atoms with E-state index in [1.54, 1.807) is 12.1 Å². The molecule has 0 aliphatic heterocycles. The SMILES string of the molecule is CC(F)(F)Oc1cccc(OC2CC(O)C2)c1. The zero-order valence-electron chi connectivity index (χ0n) is 9.40. The van der Waals surface area contributed by atoms with Crippen molar-refractivity contribution in [1.82, 2.24) is 0 Å². The fraction of sp³-hybridized carbons (Fsp3) is 0.500. The highest BCUT2D eigenvalue weighted by Crippen LogP contribution is 2.29. The maximum absolute atomic E-state index is 12.6. The van der Waals surface area contributed by atoms with Crippen molar-refractivity contribution in [2.45, 2.75) is 38.1 Å². The molecular formula is C12H14F2O3. The van der Waals surface area contributed by atoms with Crippen LogP contribution < -0.4 is 9.47 Å². The van der Waals surface area contributed by atoms with Crippen LogP contribution in [0.1, 0.15) is 19.8 Å². The number of ether oxygens (including phenoxy) is 2. The Morgan fingerprint density at radius 1 is 1.29 bits per heavy atom. The van der Waals surface area contributed by atoms with Gasteiger partial charge in [-0.05, 0) is 12.1 Å². The summed E-state index contributed by atoms with van der Waals surface area (Å²) >= 11 is 0. The van der Waals surface area contributed by atoms with Gasteiger partial charge in [0, 0.05) is 25.8 Å². The molecule has 1 aliphatic rings. The molecular weight excluding hydrogens is 230 g/mol. The Bertz CT molecular complexity index is 384. The quantitative estimate of drug-likeness (QED) is 0.884. The lowest BCUT2D eigenvalue weighted by molar-refractivity contribution is -0.159. The predicted octanol–water partition coefficient (Wildman–Crippen LogP) is 2.58. The molecule has 1 N–H and O–H groups in total. The van der Waals surface area contributed by atoms with Crippen molar-refractivity contribution in [2.75, 3.05) is 0 Å². The smallest absolute Gasteiger partial charge is 0.394 e. The molecule has 0 saturated heterocycles. The number of hydrogen-bond donors (Lipinski definition) is 1. The van der Waals surface area contributed by atoms with Gasteiger partial charge >= 0.3 is 6.11 Å². The molecule has 1 aromatic rings. The molecule has 0 amide bonds. The van der Waals surface area contributed by atoms with Crippen LogP contribution >= 0.6 is 0 Å². The number of alkyl halides is 2. The first-order valence-electron chi connectivity index (χ1n) is 5.44. The summed E-state index contributed by atoms with van der Waals surface area (Å²) in [4.78, 5) is 0. The molecule has 1 saturated carbocycles. The fourth-order valence-electron chi connectivity index (χ4n) is 1.64. The van der Waals surface area contributed by atoms with Gasteiger partial charge in [-0.2, -0.15) is 8.78 Å². The number of hydrogen-bond acceptors (Lipinski definition) is 3. The summed E-state index contributed by atoms with van der Waals surface area (Å²) in [6.07, 6.45) is -2.39. The van der Waals surface area contributed by atoms with Gasteiger partial charge in [0.25, 0.3) is 0 Å². The average Bonchev–Trinajstić information content (AvgIpc) is 2.13. The first kappa shape index (κ1) is 12.1. The molecule has 3 nitrogen and oxygen atoms in total. The number of aliphatic hydroxyl groups is 1. The third-order valence-corrected chi connectivity index (χ3v) is 2.48. The van der Waals surface area contributed by atoms with Crippen LogP contribution in [0.5, 0.6) is 11.5 Å². The van der Waals surface area contributed by atoms with Crippen LogP contribution in [0.3, 0.4) is 0 Å². The molecule has 0 atom stereocenters. The maximum Gasteiger partial charge on any atom is 0.394 e. The van der Waals surface area contributed by atoms with Gasteiger partial charge in [-0.25, -0.2) is 0 Å². The van der Waals surface area contributed by atoms with Crippen LogP contribution in [-0.4, -0.2) is 23.4 Å². The van der Waals surface area contributed by atoms with E-state index in [2.05, 4.69) is 4.74 Å². The zero-order valence-corrected chi connectivity index (χ0v) is 9.40. The van der Waals surface area contributed by atoms with Gasteiger partial charge in [-0.15, -0.1) is 0 Å². The molecule has 0 bridgehead atoms. The maximum atomic E-state index is 12.6. The Balaban J connectivity index is 1.96. The fourth-order valence-corrected chi connectivity index (χ4v) is 1.64. The van der Waals surface area contributed by atoms with Crippen LogP contribution in [0.15, 0.2) is 24.3 Å². The minimum atomic E-state index is -3.20. The summed E-state index contributed by atoms with van der Waals surface area (Å²) < 4.78 is 35.2. The highest BCUT2D eigenvalue weighted by atomic mass is 19.3. The lowest BCUT2D eigenvalue weighted by Crippen LogP contribution is -2.37. The Morgan fingerprint density at radius 2 is 1.94 bits per heavy atom. The molecule has 2 rings (SSSR count). The molecule has 94 valence electrons. The number of aliphatic hydroxyl groups excluding tert-OH is 1. The van der Waals surface area contributed by atoms with E-state index in [4.69, 9.17) is 9.84 Å². The van der Waals surface area contributed by atoms with Crippen molar-refractivity contribution < 1.29 is 23.4 Å². The Morgan fingerprint density at radius 3 is 2.53 bits per heavy atom. The van der Waals surface area contributed by atoms with Crippen molar-refractivity contribution >= 4 is 0 Å². The molecule has 17 heavy (non-hydrogen) atoms. The summed E-state index contributed by atoms with van der Waals surface area (Å²) in [5, 5.41) is 9.10. The number of benzene rings is 1. The second-order valence-electron chi connectivity index (χ2n) is 4.25. The largest absolute Gasteiger partial charge is 0.490 e. The Hall–Kier alpha value is -1.36. The second-order valence-corrected chi connectivity index (χ2v) is 4.25. The molecule has 1 aliphatic carbocycles. The van der Waals surface area contributed by atoms with Crippen LogP contribution in [0.4, 0.5) is 8.78 Å². The summed E-state index contributed by atoms with van der Waals surface area (Å²) in [6.45, 7) is 0.683. The van der Waals surface area contributed by atoms with Gasteiger partial charge in [0.1, 0.15) is 17.6 Å². The van der Waals surface area contributed by atoms with Gasteiger partial charge in [0.15, 0.2) is 0 Å². The number of rotatable bonds is 4. The molecule has 5 heteroatoms. The van der Waals surface area contributed by atoms with E-state index in [1.807, 2.05) is 0 Å². The monoisotopic (exact) mass is 244 g/mol. The summed E-state index contributed by atoms with van der Waals surface area (Å²) in [6, 6.07) is 6.12. The topological polar surface area (TPSA) is 38.7 Å². The standard InChI is InChI=1S/C12H14F2O3/c1-12(13,14)17-10-4-2-3-9(7-10)16-11-5-8(15)6-11/h2-4,7-8,11,15H,5-6H2,1H3. The Kier molecular flexibility index (Phi) is 3.19. The van der Waals surface area contributed by atoms with E-state index < -0.39 is 6.11 Å². The van der Waals surface area contributed by atoms with Crippen LogP contribution in [0.25, 0.3) is 0 Å². The van der Waals surface area contributed by atoms with Crippen molar-refractivity contribution in [3.63, 3.8) is 0 Å². The summed E-state index contributed by atoms with van der Waals surface area (Å²) in [7, 11) is 0. The molecule has 0 heterocycles. The third-order valence-electron chi connectivity index (χ3n) is 2.48. The minimum absolute atomic E-state index is 0.0395. The van der Waals surface area contributed by atoms with E-state index in [-0.39, 0.29) is 18.0 Å². The van der Waals surface area contributed by atoms with Crippen LogP contribution in [-0.2, 0) is 0 Å². The van der Waals surface area contributed by atoms with E-state index in [0.29, 0.717) is 25.5 Å². The molecule has 1 aromatic carbocycles. The third kappa shape index (κ3) is 3.56. The van der Waals surface area contributed by atoms with Gasteiger partial charge in [0.05, 0.1) is 6.10 Å². The van der Waals surface area contributed by atoms with E-state index >= 15 is 0 Å². The highest BCUT2D eigenvalue weighted by molar-refractivity contribution is 5.33. The number of halogens is 2. The normalized spacial score (nSPS) is 24.0. The zero-order chi connectivity index (χ0) is 12.5. The molecule has 0 spiro atoms. The van der Waals surface area contributed by atoms with Gasteiger partial charge in [-0.3, -0.25) is 0 Å². The van der Waals surface area contributed by atoms with E-state index in [1.165, 1.54) is 12.1 Å². The highest BCUT2D eigenvalue weighted by Gasteiger charge is 2.29. The van der Waals surface area contributed by atoms with Crippen molar-refractivity contribution in [2.24, 2.45) is 0 Å². The van der Waals surface area contributed by atoms with Gasteiger partial charge in [0.2, 0.25) is 0 Å². The molecule has 0 unspecified atom stereocenters. The summed E-state index contributed by atoms with van der Waals surface area (Å²) in [5.41, 5.74) is 0. The molecule has 0 radical (unpaired) electrons. The molecule has 0 aromatic heterocycles. The van der Waals surface area contributed by atoms with Crippen LogP contribution in [0, 0.1) is 0 Å². The minimum Gasteiger partial charge on any atom is -0.490 e. The first-order chi connectivity index (χ1) is 7.92. The van der Waals surface area contributed by atoms with E-state index in [9.17, 15) is 8.78 Å². The van der Waals surface area contributed by atoms with Crippen LogP contribution in [0.2, 0.25) is 0 Å². The van der Waals surface area contributed by atoms with Crippen molar-refractivity contribution in [3.05, 3.63) is 24.3 Å². The first-order valence-corrected chi connectivity index (χ1v) is 5.44. The van der Waals surface area contributed by atoms with Gasteiger partial charge < -0.3 is 14.6 Å². The predicted molar refractivity (Wildman–Crippen MR) is 57.3 cm³/mol. The lowest BCUT2D eigenvalue weighted by Gasteiger charge is -2.31. The molecule has 1 fully saturated rings. The van der Waals surface area contributed by atoms with Gasteiger partial charge in [-0.1, -0.05) is 6.07 Å². The Labute approximate surface area is 98.0 Å². The second kappa shape index (κ2) is 4.49. The average molecular weight is 244 g/mol. The van der Waals surface area contributed by atoms with Crippen molar-refractivity contribution in [1.29, 1.82) is 0 Å². The lowest BCUT2D eigenvalue weighted by atomic mass is 9.92. The van der Waals surface area contributed by atoms with Crippen molar-refractivity contribution in [3.8, 4) is 11.5 Å². The summed E-state index contributed by atoms with van der Waals surface area (Å²) in [5.74, 6) is 0.540.